The van der Waals surface area contributed by atoms with E-state index < -0.39 is 47.1 Å². The Morgan fingerprint density at radius 1 is 0.909 bits per heavy atom. The summed E-state index contributed by atoms with van der Waals surface area (Å²) in [5.74, 6) is -0.844. The standard InChI is InChI=1S/C41H62N8O6/c1-39(2,3)20-21-48(46-35(51)33(40(4,5)6)43-37(53)55-10)26-32(50)30(24-27-16-12-11-13-17-27)42-36(52)34(41(7,8)9)49-23-22-47(38(49)54)25-31-28-18-14-15-19-29(28)44-45-31/h11-19,30,32-34,50H,20-26H2,1-10H3,(H,42,52)(H,43,53)(H,44,45)(H,46,51). The number of rotatable bonds is 15. The quantitative estimate of drug-likeness (QED) is 0.137. The van der Waals surface area contributed by atoms with Crippen LogP contribution in [0.2, 0.25) is 0 Å². The molecular weight excluding hydrogens is 701 g/mol. The van der Waals surface area contributed by atoms with Crippen molar-refractivity contribution in [2.24, 2.45) is 16.2 Å². The summed E-state index contributed by atoms with van der Waals surface area (Å²) in [7, 11) is 1.24. The van der Waals surface area contributed by atoms with Crippen LogP contribution in [-0.2, 0) is 27.3 Å². The maximum Gasteiger partial charge on any atom is 0.407 e. The van der Waals surface area contributed by atoms with Crippen molar-refractivity contribution in [3.8, 4) is 0 Å². The van der Waals surface area contributed by atoms with Gasteiger partial charge in [0.15, 0.2) is 0 Å². The molecule has 14 heteroatoms. The summed E-state index contributed by atoms with van der Waals surface area (Å²) in [5.41, 5.74) is 4.08. The van der Waals surface area contributed by atoms with Crippen molar-refractivity contribution in [3.05, 3.63) is 65.9 Å². The summed E-state index contributed by atoms with van der Waals surface area (Å²) in [6.07, 6.45) is -0.907. The molecule has 1 aliphatic rings. The fourth-order valence-electron chi connectivity index (χ4n) is 6.81. The number of nitrogens with one attached hydrogen (secondary N) is 4. The number of H-pyrrole nitrogens is 1. The number of carbonyl (C=O) groups is 4. The highest BCUT2D eigenvalue weighted by Crippen LogP contribution is 2.30. The molecular formula is C41H62N8O6. The Morgan fingerprint density at radius 3 is 2.18 bits per heavy atom. The van der Waals surface area contributed by atoms with Gasteiger partial charge in [0, 0.05) is 31.6 Å². The van der Waals surface area contributed by atoms with Crippen LogP contribution in [0.1, 0.15) is 80.0 Å². The summed E-state index contributed by atoms with van der Waals surface area (Å²) in [5, 5.41) is 27.8. The number of aromatic amines is 1. The summed E-state index contributed by atoms with van der Waals surface area (Å²) >= 11 is 0. The average molecular weight is 763 g/mol. The number of fused-ring (bicyclic) bond motifs is 1. The molecule has 1 aromatic heterocycles. The van der Waals surface area contributed by atoms with E-state index in [9.17, 15) is 24.3 Å². The summed E-state index contributed by atoms with van der Waals surface area (Å²) in [4.78, 5) is 57.7. The van der Waals surface area contributed by atoms with E-state index in [1.807, 2.05) is 96.1 Å². The molecule has 1 fully saturated rings. The molecule has 5 N–H and O–H groups in total. The molecule has 0 saturated carbocycles. The number of hydrogen-bond donors (Lipinski definition) is 5. The molecule has 1 saturated heterocycles. The zero-order valence-electron chi connectivity index (χ0n) is 34.2. The molecule has 4 unspecified atom stereocenters. The Kier molecular flexibility index (Phi) is 14.0. The first-order chi connectivity index (χ1) is 25.7. The highest BCUT2D eigenvalue weighted by atomic mass is 16.5. The summed E-state index contributed by atoms with van der Waals surface area (Å²) in [6.45, 7) is 19.0. The number of aromatic nitrogens is 2. The number of nitrogens with zero attached hydrogens (tertiary/aromatic N) is 4. The van der Waals surface area contributed by atoms with Crippen LogP contribution >= 0.6 is 0 Å². The second-order valence-electron chi connectivity index (χ2n) is 17.9. The molecule has 3 aromatic rings. The van der Waals surface area contributed by atoms with Gasteiger partial charge in [-0.25, -0.2) is 14.6 Å². The van der Waals surface area contributed by atoms with Crippen LogP contribution in [0.5, 0.6) is 0 Å². The van der Waals surface area contributed by atoms with E-state index in [1.165, 1.54) is 7.11 Å². The van der Waals surface area contributed by atoms with Crippen molar-refractivity contribution in [1.82, 2.24) is 41.1 Å². The van der Waals surface area contributed by atoms with Gasteiger partial charge >= 0.3 is 12.1 Å². The Labute approximate surface area is 325 Å². The molecule has 0 aliphatic carbocycles. The minimum absolute atomic E-state index is 0.0249. The molecule has 2 aromatic carbocycles. The number of hydrogen-bond acceptors (Lipinski definition) is 8. The van der Waals surface area contributed by atoms with Gasteiger partial charge in [0.2, 0.25) is 5.91 Å². The molecule has 0 radical (unpaired) electrons. The predicted molar refractivity (Wildman–Crippen MR) is 213 cm³/mol. The second-order valence-corrected chi connectivity index (χ2v) is 17.9. The van der Waals surface area contributed by atoms with Gasteiger partial charge in [0.05, 0.1) is 37.0 Å². The smallest absolute Gasteiger partial charge is 0.407 e. The van der Waals surface area contributed by atoms with Gasteiger partial charge in [0.25, 0.3) is 5.91 Å². The minimum atomic E-state index is -1.15. The van der Waals surface area contributed by atoms with Gasteiger partial charge in [-0.15, -0.1) is 0 Å². The van der Waals surface area contributed by atoms with Crippen LogP contribution in [0.25, 0.3) is 10.9 Å². The third-order valence-electron chi connectivity index (χ3n) is 9.87. The van der Waals surface area contributed by atoms with Crippen LogP contribution < -0.4 is 16.1 Å². The number of alkyl carbamates (subject to hydrolysis) is 1. The number of ether oxygens (including phenoxy) is 1. The number of hydrazine groups is 1. The Morgan fingerprint density at radius 2 is 1.56 bits per heavy atom. The lowest BCUT2D eigenvalue weighted by atomic mass is 9.84. The van der Waals surface area contributed by atoms with Crippen LogP contribution in [0.4, 0.5) is 9.59 Å². The largest absolute Gasteiger partial charge is 0.453 e. The number of benzene rings is 2. The first kappa shape index (κ1) is 43.0. The maximum atomic E-state index is 14.5. The van der Waals surface area contributed by atoms with Crippen molar-refractivity contribution in [2.45, 2.75) is 106 Å². The number of urea groups is 1. The fraction of sp³-hybridized carbons (Fsp3) is 0.585. The number of aliphatic hydroxyl groups excluding tert-OH is 1. The molecule has 5 amide bonds. The summed E-state index contributed by atoms with van der Waals surface area (Å²) in [6, 6.07) is 14.5. The van der Waals surface area contributed by atoms with Gasteiger partial charge in [-0.3, -0.25) is 20.1 Å². The van der Waals surface area contributed by atoms with E-state index in [1.54, 1.807) is 14.8 Å². The fourth-order valence-corrected chi connectivity index (χ4v) is 6.81. The van der Waals surface area contributed by atoms with Gasteiger partial charge < -0.3 is 30.3 Å². The molecule has 4 atom stereocenters. The van der Waals surface area contributed by atoms with Crippen LogP contribution in [0.15, 0.2) is 54.6 Å². The van der Waals surface area contributed by atoms with Gasteiger partial charge in [-0.05, 0) is 40.7 Å². The zero-order valence-corrected chi connectivity index (χ0v) is 34.2. The zero-order chi connectivity index (χ0) is 40.7. The number of aliphatic hydroxyl groups is 1. The number of methoxy groups -OCH3 is 1. The first-order valence-electron chi connectivity index (χ1n) is 19.1. The van der Waals surface area contributed by atoms with Crippen molar-refractivity contribution in [1.29, 1.82) is 0 Å². The molecule has 0 bridgehead atoms. The molecule has 14 nitrogen and oxygen atoms in total. The van der Waals surface area contributed by atoms with Crippen molar-refractivity contribution in [3.63, 3.8) is 0 Å². The van der Waals surface area contributed by atoms with E-state index in [4.69, 9.17) is 4.74 Å². The summed E-state index contributed by atoms with van der Waals surface area (Å²) < 4.78 is 4.79. The van der Waals surface area contributed by atoms with E-state index in [2.05, 4.69) is 47.0 Å². The molecule has 4 rings (SSSR count). The van der Waals surface area contributed by atoms with Gasteiger partial charge in [-0.2, -0.15) is 5.10 Å². The maximum absolute atomic E-state index is 14.5. The van der Waals surface area contributed by atoms with E-state index >= 15 is 0 Å². The number of carbonyl (C=O) groups excluding carboxylic acids is 4. The second kappa shape index (κ2) is 17.8. The average Bonchev–Trinajstić information content (AvgIpc) is 3.67. The van der Waals surface area contributed by atoms with Crippen LogP contribution in [-0.4, -0.2) is 112 Å². The SMILES string of the molecule is COC(=O)NC(C(=O)NN(CCC(C)(C)C)CC(O)C(Cc1ccccc1)NC(=O)C(N1CCN(Cc2n[nH]c3ccccc23)C1=O)C(C)(C)C)C(C)(C)C. The third kappa shape index (κ3) is 11.9. The Bertz CT molecular complexity index is 1760. The molecule has 2 heterocycles. The third-order valence-corrected chi connectivity index (χ3v) is 9.87. The van der Waals surface area contributed by atoms with Gasteiger partial charge in [0.1, 0.15) is 12.1 Å². The molecule has 302 valence electrons. The normalized spacial score (nSPS) is 16.2. The topological polar surface area (TPSA) is 172 Å². The number of para-hydroxylation sites is 1. The first-order valence-corrected chi connectivity index (χ1v) is 19.1. The molecule has 1 aliphatic heterocycles. The van der Waals surface area contributed by atoms with E-state index in [0.717, 1.165) is 22.2 Å². The Balaban J connectivity index is 1.58. The van der Waals surface area contributed by atoms with Crippen molar-refractivity contribution < 1.29 is 29.0 Å². The van der Waals surface area contributed by atoms with Crippen molar-refractivity contribution >= 4 is 34.8 Å². The lowest BCUT2D eigenvalue weighted by Gasteiger charge is -2.38. The number of amides is 5. The Hall–Kier alpha value is -4.69. The van der Waals surface area contributed by atoms with Gasteiger partial charge in [-0.1, -0.05) is 111 Å². The van der Waals surface area contributed by atoms with Crippen molar-refractivity contribution in [2.75, 3.05) is 33.3 Å². The highest BCUT2D eigenvalue weighted by Gasteiger charge is 2.44. The molecule has 55 heavy (non-hydrogen) atoms. The lowest BCUT2D eigenvalue weighted by molar-refractivity contribution is -0.133. The van der Waals surface area contributed by atoms with E-state index in [-0.39, 0.29) is 23.9 Å². The highest BCUT2D eigenvalue weighted by molar-refractivity contribution is 5.89. The molecule has 0 spiro atoms. The predicted octanol–water partition coefficient (Wildman–Crippen LogP) is 4.84. The lowest BCUT2D eigenvalue weighted by Crippen LogP contribution is -2.61. The monoisotopic (exact) mass is 762 g/mol. The van der Waals surface area contributed by atoms with Crippen LogP contribution in [0, 0.1) is 16.2 Å². The van der Waals surface area contributed by atoms with E-state index in [0.29, 0.717) is 39.0 Å². The van der Waals surface area contributed by atoms with Crippen LogP contribution in [0.3, 0.4) is 0 Å². The minimum Gasteiger partial charge on any atom is -0.453 e.